The standard InChI is InChI=1S/C18H28N2O/c1-18(2)9-3-4-17(18)19-14-15-5-7-16(8-6-15)20-10-12-21-13-11-20/h5-8,17,19H,3-4,9-14H2,1-2H3. The van der Waals surface area contributed by atoms with Crippen LogP contribution in [0.2, 0.25) is 0 Å². The molecule has 1 unspecified atom stereocenters. The molecule has 2 fully saturated rings. The molecule has 2 aliphatic rings. The molecule has 3 heteroatoms. The molecule has 1 saturated carbocycles. The Morgan fingerprint density at radius 2 is 1.90 bits per heavy atom. The summed E-state index contributed by atoms with van der Waals surface area (Å²) in [4.78, 5) is 2.40. The number of hydrogen-bond donors (Lipinski definition) is 1. The zero-order valence-electron chi connectivity index (χ0n) is 13.4. The summed E-state index contributed by atoms with van der Waals surface area (Å²) in [7, 11) is 0. The maximum Gasteiger partial charge on any atom is 0.0642 e. The third kappa shape index (κ3) is 3.58. The van der Waals surface area contributed by atoms with Crippen molar-refractivity contribution in [2.75, 3.05) is 31.2 Å². The fourth-order valence-corrected chi connectivity index (χ4v) is 3.59. The summed E-state index contributed by atoms with van der Waals surface area (Å²) in [6.45, 7) is 9.47. The van der Waals surface area contributed by atoms with Crippen molar-refractivity contribution >= 4 is 5.69 Å². The van der Waals surface area contributed by atoms with Crippen LogP contribution in [0.25, 0.3) is 0 Å². The third-order valence-electron chi connectivity index (χ3n) is 5.12. The van der Waals surface area contributed by atoms with Gasteiger partial charge < -0.3 is 15.0 Å². The lowest BCUT2D eigenvalue weighted by Gasteiger charge is -2.29. The summed E-state index contributed by atoms with van der Waals surface area (Å²) in [5.41, 5.74) is 3.16. The van der Waals surface area contributed by atoms with Crippen LogP contribution >= 0.6 is 0 Å². The molecule has 1 aliphatic carbocycles. The molecule has 21 heavy (non-hydrogen) atoms. The van der Waals surface area contributed by atoms with E-state index in [1.807, 2.05) is 0 Å². The highest BCUT2D eigenvalue weighted by atomic mass is 16.5. The summed E-state index contributed by atoms with van der Waals surface area (Å²) in [6.07, 6.45) is 4.03. The predicted molar refractivity (Wildman–Crippen MR) is 87.7 cm³/mol. The van der Waals surface area contributed by atoms with Gasteiger partial charge in [-0.05, 0) is 36.0 Å². The first kappa shape index (κ1) is 14.9. The molecular formula is C18H28N2O. The van der Waals surface area contributed by atoms with Crippen molar-refractivity contribution in [2.24, 2.45) is 5.41 Å². The van der Waals surface area contributed by atoms with E-state index >= 15 is 0 Å². The molecule has 3 rings (SSSR count). The van der Waals surface area contributed by atoms with Gasteiger partial charge in [-0.2, -0.15) is 0 Å². The number of nitrogens with zero attached hydrogens (tertiary/aromatic N) is 1. The lowest BCUT2D eigenvalue weighted by atomic mass is 9.87. The van der Waals surface area contributed by atoms with E-state index in [9.17, 15) is 0 Å². The zero-order chi connectivity index (χ0) is 14.7. The molecule has 3 nitrogen and oxygen atoms in total. The number of morpholine rings is 1. The largest absolute Gasteiger partial charge is 0.378 e. The van der Waals surface area contributed by atoms with E-state index < -0.39 is 0 Å². The highest BCUT2D eigenvalue weighted by Gasteiger charge is 2.33. The first-order valence-corrected chi connectivity index (χ1v) is 8.30. The Labute approximate surface area is 128 Å². The van der Waals surface area contributed by atoms with Crippen LogP contribution in [0.5, 0.6) is 0 Å². The van der Waals surface area contributed by atoms with Gasteiger partial charge >= 0.3 is 0 Å². The van der Waals surface area contributed by atoms with Gasteiger partial charge in [0.25, 0.3) is 0 Å². The molecule has 1 saturated heterocycles. The van der Waals surface area contributed by atoms with Crippen LogP contribution in [-0.2, 0) is 11.3 Å². The third-order valence-corrected chi connectivity index (χ3v) is 5.12. The van der Waals surface area contributed by atoms with Crippen LogP contribution in [0.1, 0.15) is 38.7 Å². The summed E-state index contributed by atoms with van der Waals surface area (Å²) in [5.74, 6) is 0. The predicted octanol–water partition coefficient (Wildman–Crippen LogP) is 3.19. The van der Waals surface area contributed by atoms with Gasteiger partial charge in [0.2, 0.25) is 0 Å². The van der Waals surface area contributed by atoms with Crippen molar-refractivity contribution in [3.8, 4) is 0 Å². The van der Waals surface area contributed by atoms with E-state index in [1.54, 1.807) is 0 Å². The van der Waals surface area contributed by atoms with Crippen LogP contribution in [0.3, 0.4) is 0 Å². The van der Waals surface area contributed by atoms with Crippen molar-refractivity contribution < 1.29 is 4.74 Å². The van der Waals surface area contributed by atoms with E-state index in [2.05, 4.69) is 48.3 Å². The quantitative estimate of drug-likeness (QED) is 0.921. The second-order valence-electron chi connectivity index (χ2n) is 7.08. The van der Waals surface area contributed by atoms with Crippen molar-refractivity contribution in [1.82, 2.24) is 5.32 Å². The first-order chi connectivity index (χ1) is 10.1. The second kappa shape index (κ2) is 6.37. The lowest BCUT2D eigenvalue weighted by Crippen LogP contribution is -2.37. The SMILES string of the molecule is CC1(C)CCCC1NCc1ccc(N2CCOCC2)cc1. The summed E-state index contributed by atoms with van der Waals surface area (Å²) in [5, 5.41) is 3.75. The molecule has 116 valence electrons. The Kier molecular flexibility index (Phi) is 4.51. The number of anilines is 1. The van der Waals surface area contributed by atoms with Gasteiger partial charge in [-0.25, -0.2) is 0 Å². The van der Waals surface area contributed by atoms with Crippen molar-refractivity contribution in [3.63, 3.8) is 0 Å². The molecule has 1 atom stereocenters. The Morgan fingerprint density at radius 1 is 1.19 bits per heavy atom. The number of rotatable bonds is 4. The van der Waals surface area contributed by atoms with Crippen molar-refractivity contribution in [2.45, 2.75) is 45.7 Å². The van der Waals surface area contributed by atoms with Gasteiger partial charge in [0.1, 0.15) is 0 Å². The van der Waals surface area contributed by atoms with Crippen LogP contribution in [0, 0.1) is 5.41 Å². The maximum absolute atomic E-state index is 5.41. The average Bonchev–Trinajstić information content (AvgIpc) is 2.85. The molecule has 0 spiro atoms. The zero-order valence-corrected chi connectivity index (χ0v) is 13.4. The van der Waals surface area contributed by atoms with E-state index in [0.29, 0.717) is 11.5 Å². The number of hydrogen-bond acceptors (Lipinski definition) is 3. The van der Waals surface area contributed by atoms with Gasteiger partial charge in [0, 0.05) is 31.4 Å². The van der Waals surface area contributed by atoms with Crippen molar-refractivity contribution in [3.05, 3.63) is 29.8 Å². The smallest absolute Gasteiger partial charge is 0.0642 e. The molecule has 0 radical (unpaired) electrons. The Morgan fingerprint density at radius 3 is 2.52 bits per heavy atom. The Balaban J connectivity index is 1.54. The van der Waals surface area contributed by atoms with Crippen LogP contribution in [-0.4, -0.2) is 32.3 Å². The van der Waals surface area contributed by atoms with Gasteiger partial charge in [-0.15, -0.1) is 0 Å². The normalized spacial score (nSPS) is 25.2. The fourth-order valence-electron chi connectivity index (χ4n) is 3.59. The van der Waals surface area contributed by atoms with Gasteiger partial charge in [-0.1, -0.05) is 32.4 Å². The number of ether oxygens (including phenoxy) is 1. The second-order valence-corrected chi connectivity index (χ2v) is 7.08. The van der Waals surface area contributed by atoms with Gasteiger partial charge in [0.05, 0.1) is 13.2 Å². The highest BCUT2D eigenvalue weighted by molar-refractivity contribution is 5.47. The maximum atomic E-state index is 5.41. The van der Waals surface area contributed by atoms with Crippen molar-refractivity contribution in [1.29, 1.82) is 0 Å². The van der Waals surface area contributed by atoms with E-state index in [0.717, 1.165) is 32.8 Å². The van der Waals surface area contributed by atoms with Gasteiger partial charge in [-0.3, -0.25) is 0 Å². The topological polar surface area (TPSA) is 24.5 Å². The average molecular weight is 288 g/mol. The molecule has 1 aromatic carbocycles. The molecule has 1 aromatic rings. The minimum atomic E-state index is 0.452. The van der Waals surface area contributed by atoms with E-state index in [-0.39, 0.29) is 0 Å². The van der Waals surface area contributed by atoms with Crippen LogP contribution in [0.15, 0.2) is 24.3 Å². The monoisotopic (exact) mass is 288 g/mol. The number of benzene rings is 1. The van der Waals surface area contributed by atoms with E-state index in [4.69, 9.17) is 4.74 Å². The molecule has 0 aromatic heterocycles. The minimum Gasteiger partial charge on any atom is -0.378 e. The highest BCUT2D eigenvalue weighted by Crippen LogP contribution is 2.37. The molecule has 1 N–H and O–H groups in total. The minimum absolute atomic E-state index is 0.452. The number of nitrogens with one attached hydrogen (secondary N) is 1. The molecule has 0 amide bonds. The van der Waals surface area contributed by atoms with Gasteiger partial charge in [0.15, 0.2) is 0 Å². The summed E-state index contributed by atoms with van der Waals surface area (Å²) in [6, 6.07) is 9.69. The Bertz CT molecular complexity index is 449. The molecule has 1 aliphatic heterocycles. The van der Waals surface area contributed by atoms with Crippen LogP contribution < -0.4 is 10.2 Å². The molecule has 1 heterocycles. The first-order valence-electron chi connectivity index (χ1n) is 8.30. The fraction of sp³-hybridized carbons (Fsp3) is 0.667. The summed E-state index contributed by atoms with van der Waals surface area (Å²) >= 11 is 0. The molecular weight excluding hydrogens is 260 g/mol. The van der Waals surface area contributed by atoms with Crippen LogP contribution in [0.4, 0.5) is 5.69 Å². The summed E-state index contributed by atoms with van der Waals surface area (Å²) < 4.78 is 5.41. The molecule has 0 bridgehead atoms. The Hall–Kier alpha value is -1.06. The lowest BCUT2D eigenvalue weighted by molar-refractivity contribution is 0.122. The van der Waals surface area contributed by atoms with E-state index in [1.165, 1.54) is 30.5 Å².